The van der Waals surface area contributed by atoms with Gasteiger partial charge in [-0.2, -0.15) is 0 Å². The summed E-state index contributed by atoms with van der Waals surface area (Å²) >= 11 is 0. The predicted octanol–water partition coefficient (Wildman–Crippen LogP) is 5.22. The first-order chi connectivity index (χ1) is 18.6. The van der Waals surface area contributed by atoms with Crippen molar-refractivity contribution in [1.82, 2.24) is 10.2 Å². The highest BCUT2D eigenvalue weighted by Gasteiger charge is 2.34. The Morgan fingerprint density at radius 3 is 2.05 bits per heavy atom. The molecule has 2 atom stereocenters. The molecule has 3 rings (SSSR count). The summed E-state index contributed by atoms with van der Waals surface area (Å²) in [6.45, 7) is 9.25. The van der Waals surface area contributed by atoms with Crippen molar-refractivity contribution < 1.29 is 18.0 Å². The molecule has 0 fully saturated rings. The Kier molecular flexibility index (Phi) is 10.3. The molecular formula is C31H39N3O4S. The van der Waals surface area contributed by atoms with E-state index in [0.717, 1.165) is 27.4 Å². The molecule has 3 aromatic carbocycles. The molecule has 0 bridgehead atoms. The van der Waals surface area contributed by atoms with Crippen molar-refractivity contribution in [1.29, 1.82) is 0 Å². The van der Waals surface area contributed by atoms with Crippen LogP contribution in [0.2, 0.25) is 0 Å². The first-order valence-corrected chi connectivity index (χ1v) is 14.8. The summed E-state index contributed by atoms with van der Waals surface area (Å²) in [5.74, 6) is -0.704. The lowest BCUT2D eigenvalue weighted by Gasteiger charge is -2.34. The number of nitrogens with zero attached hydrogens (tertiary/aromatic N) is 2. The number of benzene rings is 3. The zero-order valence-electron chi connectivity index (χ0n) is 23.4. The predicted molar refractivity (Wildman–Crippen MR) is 156 cm³/mol. The van der Waals surface area contributed by atoms with Gasteiger partial charge in [0.25, 0.3) is 10.0 Å². The van der Waals surface area contributed by atoms with Gasteiger partial charge in [-0.15, -0.1) is 0 Å². The van der Waals surface area contributed by atoms with E-state index < -0.39 is 28.5 Å². The summed E-state index contributed by atoms with van der Waals surface area (Å²) < 4.78 is 29.0. The van der Waals surface area contributed by atoms with Crippen LogP contribution in [0.4, 0.5) is 5.69 Å². The van der Waals surface area contributed by atoms with Gasteiger partial charge >= 0.3 is 0 Å². The summed E-state index contributed by atoms with van der Waals surface area (Å²) in [6.07, 6.45) is 1.14. The van der Waals surface area contributed by atoms with Crippen LogP contribution in [0.3, 0.4) is 0 Å². The molecule has 39 heavy (non-hydrogen) atoms. The number of amides is 2. The van der Waals surface area contributed by atoms with Gasteiger partial charge in [-0.25, -0.2) is 8.42 Å². The Bertz CT molecular complexity index is 1360. The van der Waals surface area contributed by atoms with Crippen LogP contribution in [0.5, 0.6) is 0 Å². The molecule has 2 amide bonds. The maximum absolute atomic E-state index is 14.1. The maximum atomic E-state index is 14.1. The monoisotopic (exact) mass is 549 g/mol. The second-order valence-corrected chi connectivity index (χ2v) is 11.7. The summed E-state index contributed by atoms with van der Waals surface area (Å²) in [5, 5.41) is 2.99. The van der Waals surface area contributed by atoms with Gasteiger partial charge in [-0.3, -0.25) is 13.9 Å². The van der Waals surface area contributed by atoms with Gasteiger partial charge in [0.2, 0.25) is 11.8 Å². The molecule has 0 aliphatic rings. The van der Waals surface area contributed by atoms with Gasteiger partial charge < -0.3 is 10.2 Å². The molecule has 0 aliphatic carbocycles. The highest BCUT2D eigenvalue weighted by Crippen LogP contribution is 2.28. The lowest BCUT2D eigenvalue weighted by Crippen LogP contribution is -2.53. The minimum atomic E-state index is -4.08. The standard InChI is InChI=1S/C31H39N3O4S/c1-6-25(5)32-31(36)28(7-2)33(21-26-14-10-8-11-15-26)30(35)22-34(29-19-18-23(3)20-24(29)4)39(37,38)27-16-12-9-13-17-27/h8-20,25,28H,6-7,21-22H2,1-5H3,(H,32,36)/t25-,28+/m0/s1. The van der Waals surface area contributed by atoms with E-state index in [9.17, 15) is 18.0 Å². The van der Waals surface area contributed by atoms with Crippen LogP contribution in [-0.4, -0.2) is 43.8 Å². The fourth-order valence-electron chi connectivity index (χ4n) is 4.46. The summed E-state index contributed by atoms with van der Waals surface area (Å²) in [4.78, 5) is 29.0. The molecule has 0 aliphatic heterocycles. The fourth-order valence-corrected chi connectivity index (χ4v) is 5.96. The van der Waals surface area contributed by atoms with Gasteiger partial charge in [-0.05, 0) is 62.9 Å². The number of nitrogens with one attached hydrogen (secondary N) is 1. The number of rotatable bonds is 12. The SMILES string of the molecule is CC[C@H](C(=O)N[C@@H](C)CC)N(Cc1ccccc1)C(=O)CN(c1ccc(C)cc1C)S(=O)(=O)c1ccccc1. The lowest BCUT2D eigenvalue weighted by atomic mass is 10.1. The van der Waals surface area contributed by atoms with E-state index in [4.69, 9.17) is 0 Å². The molecule has 1 N–H and O–H groups in total. The van der Waals surface area contributed by atoms with Crippen LogP contribution in [0.25, 0.3) is 0 Å². The average molecular weight is 550 g/mol. The zero-order chi connectivity index (χ0) is 28.6. The normalized spacial score (nSPS) is 12.8. The van der Waals surface area contributed by atoms with Crippen molar-refractivity contribution in [3.05, 3.63) is 95.6 Å². The lowest BCUT2D eigenvalue weighted by molar-refractivity contribution is -0.140. The van der Waals surface area contributed by atoms with E-state index in [-0.39, 0.29) is 23.4 Å². The summed E-state index contributed by atoms with van der Waals surface area (Å²) in [5.41, 5.74) is 3.00. The maximum Gasteiger partial charge on any atom is 0.264 e. The number of sulfonamides is 1. The third-order valence-electron chi connectivity index (χ3n) is 6.81. The number of carbonyl (C=O) groups is 2. The van der Waals surface area contributed by atoms with E-state index >= 15 is 0 Å². The molecule has 0 saturated heterocycles. The highest BCUT2D eigenvalue weighted by atomic mass is 32.2. The Hall–Kier alpha value is -3.65. The molecule has 3 aromatic rings. The van der Waals surface area contributed by atoms with Crippen LogP contribution in [-0.2, 0) is 26.2 Å². The van der Waals surface area contributed by atoms with Crippen LogP contribution < -0.4 is 9.62 Å². The minimum Gasteiger partial charge on any atom is -0.352 e. The first kappa shape index (κ1) is 29.9. The zero-order valence-corrected chi connectivity index (χ0v) is 24.2. The largest absolute Gasteiger partial charge is 0.352 e. The number of hydrogen-bond donors (Lipinski definition) is 1. The molecule has 0 spiro atoms. The third-order valence-corrected chi connectivity index (χ3v) is 8.59. The van der Waals surface area contributed by atoms with Crippen LogP contribution in [0.1, 0.15) is 50.3 Å². The molecule has 0 heterocycles. The molecule has 7 nitrogen and oxygen atoms in total. The van der Waals surface area contributed by atoms with Crippen molar-refractivity contribution in [3.63, 3.8) is 0 Å². The van der Waals surface area contributed by atoms with E-state index in [1.165, 1.54) is 17.0 Å². The van der Waals surface area contributed by atoms with Gasteiger partial charge in [0.05, 0.1) is 10.6 Å². The smallest absolute Gasteiger partial charge is 0.264 e. The molecular weight excluding hydrogens is 510 g/mol. The summed E-state index contributed by atoms with van der Waals surface area (Å²) in [7, 11) is -4.08. The fraction of sp³-hybridized carbons (Fsp3) is 0.355. The summed E-state index contributed by atoms with van der Waals surface area (Å²) in [6, 6.07) is 22.2. The topological polar surface area (TPSA) is 86.8 Å². The first-order valence-electron chi connectivity index (χ1n) is 13.4. The van der Waals surface area contributed by atoms with Crippen LogP contribution >= 0.6 is 0 Å². The molecule has 0 saturated carbocycles. The van der Waals surface area contributed by atoms with Gasteiger partial charge in [-0.1, -0.05) is 80.1 Å². The van der Waals surface area contributed by atoms with Gasteiger partial charge in [0.1, 0.15) is 12.6 Å². The second kappa shape index (κ2) is 13.4. The van der Waals surface area contributed by atoms with Crippen molar-refractivity contribution in [2.24, 2.45) is 0 Å². The van der Waals surface area contributed by atoms with Gasteiger partial charge in [0.15, 0.2) is 0 Å². The highest BCUT2D eigenvalue weighted by molar-refractivity contribution is 7.92. The molecule has 8 heteroatoms. The van der Waals surface area contributed by atoms with Gasteiger partial charge in [0, 0.05) is 12.6 Å². The minimum absolute atomic E-state index is 0.0506. The Morgan fingerprint density at radius 1 is 0.872 bits per heavy atom. The van der Waals surface area contributed by atoms with Crippen LogP contribution in [0.15, 0.2) is 83.8 Å². The molecule has 208 valence electrons. The van der Waals surface area contributed by atoms with Crippen molar-refractivity contribution in [3.8, 4) is 0 Å². The van der Waals surface area contributed by atoms with E-state index in [2.05, 4.69) is 5.32 Å². The Balaban J connectivity index is 2.07. The van der Waals surface area contributed by atoms with E-state index in [1.54, 1.807) is 24.3 Å². The Morgan fingerprint density at radius 2 is 1.49 bits per heavy atom. The van der Waals surface area contributed by atoms with Crippen molar-refractivity contribution in [2.45, 2.75) is 71.0 Å². The van der Waals surface area contributed by atoms with E-state index in [0.29, 0.717) is 12.1 Å². The van der Waals surface area contributed by atoms with Crippen LogP contribution in [0, 0.1) is 13.8 Å². The number of carbonyl (C=O) groups excluding carboxylic acids is 2. The molecule has 0 unspecified atom stereocenters. The second-order valence-electron chi connectivity index (χ2n) is 9.86. The average Bonchev–Trinajstić information content (AvgIpc) is 2.92. The van der Waals surface area contributed by atoms with Crippen molar-refractivity contribution >= 4 is 27.5 Å². The van der Waals surface area contributed by atoms with Crippen molar-refractivity contribution in [2.75, 3.05) is 10.8 Å². The molecule has 0 aromatic heterocycles. The van der Waals surface area contributed by atoms with E-state index in [1.807, 2.05) is 77.1 Å². The Labute approximate surface area is 232 Å². The number of hydrogen-bond acceptors (Lipinski definition) is 4. The number of anilines is 1. The third kappa shape index (κ3) is 7.47. The molecule has 0 radical (unpaired) electrons. The quantitative estimate of drug-likeness (QED) is 0.336. The number of aryl methyl sites for hydroxylation is 2.